The molecule has 0 spiro atoms. The highest BCUT2D eigenvalue weighted by Crippen LogP contribution is 2.25. The topological polar surface area (TPSA) is 49.4 Å². The van der Waals surface area contributed by atoms with E-state index in [9.17, 15) is 9.59 Å². The first-order valence-electron chi connectivity index (χ1n) is 8.74. The molecule has 0 fully saturated rings. The van der Waals surface area contributed by atoms with Gasteiger partial charge in [-0.15, -0.1) is 0 Å². The van der Waals surface area contributed by atoms with Crippen LogP contribution in [0.2, 0.25) is 0 Å². The number of nitrogens with one attached hydrogen (secondary N) is 1. The molecule has 2 aromatic rings. The van der Waals surface area contributed by atoms with Crippen molar-refractivity contribution in [3.05, 3.63) is 70.3 Å². The lowest BCUT2D eigenvalue weighted by Crippen LogP contribution is -2.27. The van der Waals surface area contributed by atoms with Crippen LogP contribution in [0.15, 0.2) is 42.5 Å². The fourth-order valence-corrected chi connectivity index (χ4v) is 3.22. The summed E-state index contributed by atoms with van der Waals surface area (Å²) in [6.45, 7) is 1.56. The fourth-order valence-electron chi connectivity index (χ4n) is 3.22. The van der Waals surface area contributed by atoms with E-state index in [1.165, 1.54) is 0 Å². The first kappa shape index (κ1) is 17.4. The van der Waals surface area contributed by atoms with Gasteiger partial charge in [-0.1, -0.05) is 30.3 Å². The minimum atomic E-state index is -0.119. The van der Waals surface area contributed by atoms with E-state index in [-0.39, 0.29) is 11.7 Å². The number of ketones is 1. The Morgan fingerprint density at radius 3 is 2.52 bits per heavy atom. The van der Waals surface area contributed by atoms with E-state index in [1.807, 2.05) is 50.5 Å². The summed E-state index contributed by atoms with van der Waals surface area (Å²) in [5, 5.41) is 2.93. The maximum absolute atomic E-state index is 12.9. The van der Waals surface area contributed by atoms with E-state index in [2.05, 4.69) is 10.2 Å². The van der Waals surface area contributed by atoms with Gasteiger partial charge >= 0.3 is 0 Å². The average molecular weight is 336 g/mol. The number of amides is 1. The number of fused-ring (bicyclic) bond motifs is 2. The summed E-state index contributed by atoms with van der Waals surface area (Å²) >= 11 is 0. The molecule has 4 nitrogen and oxygen atoms in total. The van der Waals surface area contributed by atoms with E-state index in [4.69, 9.17) is 0 Å². The molecule has 1 aliphatic rings. The average Bonchev–Trinajstić information content (AvgIpc) is 2.76. The second-order valence-electron chi connectivity index (χ2n) is 6.77. The van der Waals surface area contributed by atoms with Gasteiger partial charge in [0.05, 0.1) is 0 Å². The molecule has 0 saturated carbocycles. The number of carbonyl (C=O) groups is 2. The zero-order valence-corrected chi connectivity index (χ0v) is 14.8. The lowest BCUT2D eigenvalue weighted by Gasteiger charge is -2.11. The van der Waals surface area contributed by atoms with E-state index in [0.29, 0.717) is 17.7 Å². The number of hydrogen-bond acceptors (Lipinski definition) is 3. The normalized spacial score (nSPS) is 13.2. The molecule has 25 heavy (non-hydrogen) atoms. The Kier molecular flexibility index (Phi) is 5.29. The molecule has 0 saturated heterocycles. The molecule has 0 atom stereocenters. The lowest BCUT2D eigenvalue weighted by molar-refractivity contribution is 0.0952. The van der Waals surface area contributed by atoms with Gasteiger partial charge in [-0.3, -0.25) is 9.59 Å². The number of carbonyl (C=O) groups excluding carboxylic acids is 2. The van der Waals surface area contributed by atoms with Crippen molar-refractivity contribution in [2.75, 3.05) is 27.2 Å². The number of rotatable bonds is 5. The van der Waals surface area contributed by atoms with Crippen LogP contribution in [0, 0.1) is 0 Å². The van der Waals surface area contributed by atoms with Crippen LogP contribution < -0.4 is 5.32 Å². The van der Waals surface area contributed by atoms with Gasteiger partial charge in [0.1, 0.15) is 0 Å². The quantitative estimate of drug-likeness (QED) is 0.854. The van der Waals surface area contributed by atoms with Gasteiger partial charge in [0.25, 0.3) is 5.91 Å². The molecular weight excluding hydrogens is 312 g/mol. The molecular formula is C21H24N2O2. The smallest absolute Gasteiger partial charge is 0.251 e. The van der Waals surface area contributed by atoms with Crippen LogP contribution in [-0.4, -0.2) is 43.8 Å². The Bertz CT molecular complexity index is 796. The highest BCUT2D eigenvalue weighted by molar-refractivity contribution is 6.12. The Hall–Kier alpha value is -2.46. The molecule has 0 bridgehead atoms. The first-order chi connectivity index (χ1) is 12.1. The standard InChI is InChI=1S/C21H24N2O2/c1-23(2)13-5-12-22-21(25)17-11-10-16-9-8-15-6-3-4-7-18(15)20(24)19(16)14-17/h3-4,6-7,10-11,14H,5,8-9,12-13H2,1-2H3,(H,22,25). The molecule has 130 valence electrons. The molecule has 0 aromatic heterocycles. The molecule has 1 aliphatic carbocycles. The van der Waals surface area contributed by atoms with Crippen molar-refractivity contribution >= 4 is 11.7 Å². The predicted molar refractivity (Wildman–Crippen MR) is 99.2 cm³/mol. The number of nitrogens with zero attached hydrogens (tertiary/aromatic N) is 1. The van der Waals surface area contributed by atoms with Crippen molar-refractivity contribution in [2.45, 2.75) is 19.3 Å². The van der Waals surface area contributed by atoms with Crippen molar-refractivity contribution in [2.24, 2.45) is 0 Å². The van der Waals surface area contributed by atoms with Crippen LogP contribution in [0.3, 0.4) is 0 Å². The number of benzene rings is 2. The molecule has 1 amide bonds. The zero-order chi connectivity index (χ0) is 17.8. The molecule has 2 aromatic carbocycles. The summed E-state index contributed by atoms with van der Waals surface area (Å²) in [5.74, 6) is -0.0998. The molecule has 3 rings (SSSR count). The van der Waals surface area contributed by atoms with Crippen molar-refractivity contribution in [3.63, 3.8) is 0 Å². The monoisotopic (exact) mass is 336 g/mol. The molecule has 1 N–H and O–H groups in total. The Balaban J connectivity index is 1.78. The Morgan fingerprint density at radius 2 is 1.76 bits per heavy atom. The third-order valence-electron chi connectivity index (χ3n) is 4.61. The summed E-state index contributed by atoms with van der Waals surface area (Å²) in [5.41, 5.74) is 4.07. The second-order valence-corrected chi connectivity index (χ2v) is 6.77. The third kappa shape index (κ3) is 3.97. The van der Waals surface area contributed by atoms with Crippen molar-refractivity contribution < 1.29 is 9.59 Å². The van der Waals surface area contributed by atoms with Gasteiger partial charge in [-0.25, -0.2) is 0 Å². The van der Waals surface area contributed by atoms with Crippen LogP contribution in [0.25, 0.3) is 0 Å². The van der Waals surface area contributed by atoms with Crippen LogP contribution in [0.5, 0.6) is 0 Å². The van der Waals surface area contributed by atoms with Gasteiger partial charge in [0, 0.05) is 23.2 Å². The third-order valence-corrected chi connectivity index (χ3v) is 4.61. The maximum Gasteiger partial charge on any atom is 0.251 e. The van der Waals surface area contributed by atoms with Gasteiger partial charge < -0.3 is 10.2 Å². The Labute approximate surface area is 148 Å². The van der Waals surface area contributed by atoms with Crippen LogP contribution in [-0.2, 0) is 12.8 Å². The predicted octanol–water partition coefficient (Wildman–Crippen LogP) is 2.70. The van der Waals surface area contributed by atoms with Crippen molar-refractivity contribution in [1.82, 2.24) is 10.2 Å². The van der Waals surface area contributed by atoms with Gasteiger partial charge in [0.2, 0.25) is 0 Å². The first-order valence-corrected chi connectivity index (χ1v) is 8.74. The fraction of sp³-hybridized carbons (Fsp3) is 0.333. The zero-order valence-electron chi connectivity index (χ0n) is 14.8. The maximum atomic E-state index is 12.9. The highest BCUT2D eigenvalue weighted by atomic mass is 16.1. The van der Waals surface area contributed by atoms with E-state index in [0.717, 1.165) is 42.5 Å². The minimum Gasteiger partial charge on any atom is -0.352 e. The summed E-state index contributed by atoms with van der Waals surface area (Å²) in [7, 11) is 4.02. The molecule has 0 unspecified atom stereocenters. The number of hydrogen-bond donors (Lipinski definition) is 1. The summed E-state index contributed by atoms with van der Waals surface area (Å²) in [6, 6.07) is 13.2. The number of aryl methyl sites for hydroxylation is 2. The molecule has 0 aliphatic heterocycles. The molecule has 0 radical (unpaired) electrons. The van der Waals surface area contributed by atoms with E-state index in [1.54, 1.807) is 6.07 Å². The Morgan fingerprint density at radius 1 is 1.04 bits per heavy atom. The highest BCUT2D eigenvalue weighted by Gasteiger charge is 2.22. The van der Waals surface area contributed by atoms with Crippen LogP contribution >= 0.6 is 0 Å². The van der Waals surface area contributed by atoms with Crippen LogP contribution in [0.4, 0.5) is 0 Å². The van der Waals surface area contributed by atoms with Crippen molar-refractivity contribution in [1.29, 1.82) is 0 Å². The second kappa shape index (κ2) is 7.62. The van der Waals surface area contributed by atoms with Gasteiger partial charge in [-0.2, -0.15) is 0 Å². The summed E-state index contributed by atoms with van der Waals surface area (Å²) in [6.07, 6.45) is 2.57. The summed E-state index contributed by atoms with van der Waals surface area (Å²) < 4.78 is 0. The van der Waals surface area contributed by atoms with Crippen LogP contribution in [0.1, 0.15) is 43.8 Å². The summed E-state index contributed by atoms with van der Waals surface area (Å²) in [4.78, 5) is 27.4. The van der Waals surface area contributed by atoms with Crippen molar-refractivity contribution in [3.8, 4) is 0 Å². The van der Waals surface area contributed by atoms with E-state index >= 15 is 0 Å². The lowest BCUT2D eigenvalue weighted by atomic mass is 9.97. The van der Waals surface area contributed by atoms with E-state index < -0.39 is 0 Å². The minimum absolute atomic E-state index is 0.0188. The largest absolute Gasteiger partial charge is 0.352 e. The molecule has 4 heteroatoms. The molecule has 0 heterocycles. The van der Waals surface area contributed by atoms with Gasteiger partial charge in [-0.05, 0) is 63.2 Å². The van der Waals surface area contributed by atoms with Gasteiger partial charge in [0.15, 0.2) is 5.78 Å². The SMILES string of the molecule is CN(C)CCCNC(=O)c1ccc2c(c1)C(=O)c1ccccc1CC2.